The molecule has 6 nitrogen and oxygen atoms in total. The molecule has 186 valence electrons. The number of halogens is 1. The summed E-state index contributed by atoms with van der Waals surface area (Å²) in [5.74, 6) is 0. The van der Waals surface area contributed by atoms with Crippen LogP contribution in [0.3, 0.4) is 0 Å². The van der Waals surface area contributed by atoms with E-state index in [1.807, 2.05) is 65.7 Å². The molecule has 0 spiro atoms. The van der Waals surface area contributed by atoms with Crippen molar-refractivity contribution in [2.75, 3.05) is 10.3 Å². The summed E-state index contributed by atoms with van der Waals surface area (Å²) in [6.45, 7) is 0. The van der Waals surface area contributed by atoms with E-state index in [-0.39, 0.29) is 16.0 Å². The van der Waals surface area contributed by atoms with Gasteiger partial charge in [0.05, 0.1) is 22.3 Å². The number of nitrogens with zero attached hydrogens (tertiary/aromatic N) is 2. The van der Waals surface area contributed by atoms with Gasteiger partial charge in [0, 0.05) is 17.1 Å². The van der Waals surface area contributed by atoms with Crippen LogP contribution < -0.4 is 15.0 Å². The predicted octanol–water partition coefficient (Wildman–Crippen LogP) is 6.37. The second-order valence-electron chi connectivity index (χ2n) is 8.45. The van der Waals surface area contributed by atoms with E-state index in [9.17, 15) is 8.42 Å². The standard InChI is InChI=1S/C28H23ClN4O2S2/c29-22-13-11-20(12-14-22)26-19-27(21-7-3-1-4-8-21)33(31-26)24-15-17-25(18-16-24)37(34,35)32-28(36)30-23-9-5-2-6-10-23/h1-18,27H,19H2,(H2,30,32,36). The van der Waals surface area contributed by atoms with Gasteiger partial charge in [0.25, 0.3) is 10.0 Å². The molecule has 1 atom stereocenters. The average molecular weight is 547 g/mol. The van der Waals surface area contributed by atoms with Crippen LogP contribution in [0.4, 0.5) is 11.4 Å². The van der Waals surface area contributed by atoms with Gasteiger partial charge in [-0.15, -0.1) is 0 Å². The van der Waals surface area contributed by atoms with Crippen molar-refractivity contribution in [3.63, 3.8) is 0 Å². The van der Waals surface area contributed by atoms with Gasteiger partial charge in [0.15, 0.2) is 5.11 Å². The van der Waals surface area contributed by atoms with Crippen LogP contribution in [-0.4, -0.2) is 19.2 Å². The van der Waals surface area contributed by atoms with Crippen molar-refractivity contribution in [2.24, 2.45) is 5.10 Å². The van der Waals surface area contributed by atoms with Crippen LogP contribution in [0.2, 0.25) is 5.02 Å². The minimum atomic E-state index is -3.86. The maximum atomic E-state index is 12.9. The molecule has 2 N–H and O–H groups in total. The lowest BCUT2D eigenvalue weighted by Crippen LogP contribution is -2.34. The quantitative estimate of drug-likeness (QED) is 0.275. The van der Waals surface area contributed by atoms with Gasteiger partial charge in [-0.2, -0.15) is 5.10 Å². The van der Waals surface area contributed by atoms with E-state index in [0.717, 1.165) is 22.5 Å². The molecule has 0 fully saturated rings. The minimum absolute atomic E-state index is 0.00355. The fourth-order valence-corrected chi connectivity index (χ4v) is 5.62. The number of para-hydroxylation sites is 1. The Morgan fingerprint density at radius 1 is 0.865 bits per heavy atom. The summed E-state index contributed by atoms with van der Waals surface area (Å²) >= 11 is 11.3. The van der Waals surface area contributed by atoms with Crippen LogP contribution in [0.5, 0.6) is 0 Å². The molecular weight excluding hydrogens is 524 g/mol. The molecule has 0 saturated heterocycles. The molecule has 1 unspecified atom stereocenters. The van der Waals surface area contributed by atoms with E-state index in [1.54, 1.807) is 36.4 Å². The summed E-state index contributed by atoms with van der Waals surface area (Å²) in [6, 6.07) is 33.5. The lowest BCUT2D eigenvalue weighted by molar-refractivity contribution is 0.593. The zero-order valence-corrected chi connectivity index (χ0v) is 22.0. The van der Waals surface area contributed by atoms with Gasteiger partial charge in [-0.3, -0.25) is 9.73 Å². The third-order valence-electron chi connectivity index (χ3n) is 5.94. The van der Waals surface area contributed by atoms with Crippen molar-refractivity contribution in [1.29, 1.82) is 0 Å². The molecule has 0 radical (unpaired) electrons. The Labute approximate surface area is 226 Å². The first-order chi connectivity index (χ1) is 17.9. The number of benzene rings is 4. The molecule has 4 aromatic rings. The molecule has 0 bridgehead atoms. The van der Waals surface area contributed by atoms with Crippen LogP contribution in [0.15, 0.2) is 119 Å². The number of hydrogen-bond acceptors (Lipinski definition) is 5. The summed E-state index contributed by atoms with van der Waals surface area (Å²) in [7, 11) is -3.86. The smallest absolute Gasteiger partial charge is 0.263 e. The first-order valence-electron chi connectivity index (χ1n) is 11.6. The van der Waals surface area contributed by atoms with Crippen molar-refractivity contribution < 1.29 is 8.42 Å². The summed E-state index contributed by atoms with van der Waals surface area (Å²) in [5.41, 5.74) is 4.52. The van der Waals surface area contributed by atoms with E-state index in [1.165, 1.54) is 0 Å². The van der Waals surface area contributed by atoms with Crippen LogP contribution in [0.25, 0.3) is 0 Å². The Bertz CT molecular complexity index is 1530. The van der Waals surface area contributed by atoms with Gasteiger partial charge < -0.3 is 5.32 Å². The third-order valence-corrected chi connectivity index (χ3v) is 7.89. The number of anilines is 2. The highest BCUT2D eigenvalue weighted by Gasteiger charge is 2.30. The van der Waals surface area contributed by atoms with Gasteiger partial charge in [-0.25, -0.2) is 8.42 Å². The van der Waals surface area contributed by atoms with Crippen molar-refractivity contribution in [3.05, 3.63) is 125 Å². The lowest BCUT2D eigenvalue weighted by atomic mass is 9.98. The van der Waals surface area contributed by atoms with Crippen molar-refractivity contribution in [1.82, 2.24) is 4.72 Å². The third kappa shape index (κ3) is 5.83. The summed E-state index contributed by atoms with van der Waals surface area (Å²) < 4.78 is 28.3. The maximum Gasteiger partial charge on any atom is 0.263 e. The van der Waals surface area contributed by atoms with E-state index in [2.05, 4.69) is 22.2 Å². The van der Waals surface area contributed by atoms with E-state index in [4.69, 9.17) is 28.9 Å². The normalized spacial score (nSPS) is 15.2. The molecule has 9 heteroatoms. The van der Waals surface area contributed by atoms with E-state index >= 15 is 0 Å². The Morgan fingerprint density at radius 3 is 2.14 bits per heavy atom. The van der Waals surface area contributed by atoms with Gasteiger partial charge in [0.1, 0.15) is 0 Å². The molecule has 4 aromatic carbocycles. The highest BCUT2D eigenvalue weighted by atomic mass is 35.5. The minimum Gasteiger partial charge on any atom is -0.332 e. The van der Waals surface area contributed by atoms with Gasteiger partial charge in [-0.05, 0) is 71.9 Å². The lowest BCUT2D eigenvalue weighted by Gasteiger charge is -2.24. The van der Waals surface area contributed by atoms with Gasteiger partial charge in [0.2, 0.25) is 0 Å². The second-order valence-corrected chi connectivity index (χ2v) is 11.0. The first kappa shape index (κ1) is 25.0. The monoisotopic (exact) mass is 546 g/mol. The second kappa shape index (κ2) is 10.7. The first-order valence-corrected chi connectivity index (χ1v) is 13.8. The van der Waals surface area contributed by atoms with Gasteiger partial charge >= 0.3 is 0 Å². The van der Waals surface area contributed by atoms with Crippen molar-refractivity contribution in [2.45, 2.75) is 17.4 Å². The maximum absolute atomic E-state index is 12.9. The molecule has 0 aromatic heterocycles. The molecule has 0 saturated carbocycles. The largest absolute Gasteiger partial charge is 0.332 e. The fraction of sp³-hybridized carbons (Fsp3) is 0.0714. The number of thiocarbonyl (C=S) groups is 1. The number of rotatable bonds is 6. The highest BCUT2D eigenvalue weighted by Crippen LogP contribution is 2.37. The van der Waals surface area contributed by atoms with Crippen LogP contribution >= 0.6 is 23.8 Å². The Morgan fingerprint density at radius 2 is 1.49 bits per heavy atom. The number of sulfonamides is 1. The molecule has 0 amide bonds. The van der Waals surface area contributed by atoms with E-state index in [0.29, 0.717) is 17.1 Å². The number of hydrazone groups is 1. The van der Waals surface area contributed by atoms with Gasteiger partial charge in [-0.1, -0.05) is 72.3 Å². The predicted molar refractivity (Wildman–Crippen MR) is 154 cm³/mol. The Balaban J connectivity index is 1.39. The van der Waals surface area contributed by atoms with Crippen LogP contribution in [0, 0.1) is 0 Å². The van der Waals surface area contributed by atoms with E-state index < -0.39 is 10.0 Å². The summed E-state index contributed by atoms with van der Waals surface area (Å²) in [5, 5.41) is 10.4. The highest BCUT2D eigenvalue weighted by molar-refractivity contribution is 7.92. The molecule has 5 rings (SSSR count). The fourth-order valence-electron chi connectivity index (χ4n) is 4.14. The van der Waals surface area contributed by atoms with Crippen molar-refractivity contribution in [3.8, 4) is 0 Å². The summed E-state index contributed by atoms with van der Waals surface area (Å²) in [6.07, 6.45) is 0.701. The van der Waals surface area contributed by atoms with Crippen molar-refractivity contribution >= 4 is 56.0 Å². The Hall–Kier alpha value is -3.72. The Kier molecular flexibility index (Phi) is 7.23. The zero-order valence-electron chi connectivity index (χ0n) is 19.6. The van der Waals surface area contributed by atoms with Crippen LogP contribution in [0.1, 0.15) is 23.6 Å². The SMILES string of the molecule is O=S(=O)(NC(=S)Nc1ccccc1)c1ccc(N2N=C(c3ccc(Cl)cc3)CC2c2ccccc2)cc1. The topological polar surface area (TPSA) is 73.8 Å². The molecular formula is C28H23ClN4O2S2. The number of hydrogen-bond donors (Lipinski definition) is 2. The molecule has 0 aliphatic carbocycles. The summed E-state index contributed by atoms with van der Waals surface area (Å²) in [4.78, 5) is 0.103. The molecule has 1 aliphatic rings. The average Bonchev–Trinajstić information content (AvgIpc) is 3.35. The molecule has 37 heavy (non-hydrogen) atoms. The van der Waals surface area contributed by atoms with Crippen LogP contribution in [-0.2, 0) is 10.0 Å². The molecule has 1 heterocycles. The molecule has 1 aliphatic heterocycles. The zero-order chi connectivity index (χ0) is 25.8. The number of nitrogens with one attached hydrogen (secondary N) is 2.